The summed E-state index contributed by atoms with van der Waals surface area (Å²) < 4.78 is 11.2. The van der Waals surface area contributed by atoms with Crippen LogP contribution in [-0.4, -0.2) is 87.5 Å². The second-order valence-corrected chi connectivity index (χ2v) is 19.3. The van der Waals surface area contributed by atoms with Crippen LogP contribution in [0.3, 0.4) is 0 Å². The molecule has 7 unspecified atom stereocenters. The molecule has 9 nitrogen and oxygen atoms in total. The van der Waals surface area contributed by atoms with Gasteiger partial charge >= 0.3 is 0 Å². The third-order valence-electron chi connectivity index (χ3n) is 12.7. The van der Waals surface area contributed by atoms with Gasteiger partial charge in [-0.3, -0.25) is 4.79 Å². The molecule has 414 valence electrons. The zero-order chi connectivity index (χ0) is 52.9. The standard InChI is InChI=1S/C64H105NO8/c1-3-5-7-9-11-13-15-17-19-20-21-22-23-24-25-26-27-28-29-30-31-32-33-34-35-36-37-38-40-42-44-46-48-50-52-54-60(68)65-57(56-72-64-63(71)62(70)61(69)59(55-66)73-64)58(67)53-51-49-47-45-43-41-39-18-16-14-12-10-8-6-4-2/h5,7,11,13,16-19,21-22,24-25,27-28,30-31,33-34,43,45,51,53,57-59,61-64,66-67,69-71H,3-4,6,8-10,12,14-15,20,23,26,29,32,35-42,44,46-50,52,54-56H2,1-2H3,(H,65,68)/b7-5-,13-11-,18-16+,19-17-,22-21-,25-24-,28-27-,31-30-,34-33-,45-43+,53-51+. The molecule has 0 aliphatic carbocycles. The quantitative estimate of drug-likeness (QED) is 0.0261. The fraction of sp³-hybridized carbons (Fsp3) is 0.641. The Morgan fingerprint density at radius 2 is 0.863 bits per heavy atom. The molecule has 0 aromatic heterocycles. The van der Waals surface area contributed by atoms with Crippen molar-refractivity contribution in [1.82, 2.24) is 5.32 Å². The third-order valence-corrected chi connectivity index (χ3v) is 12.7. The van der Waals surface area contributed by atoms with Crippen LogP contribution in [0, 0.1) is 0 Å². The summed E-state index contributed by atoms with van der Waals surface area (Å²) in [6.45, 7) is 3.61. The summed E-state index contributed by atoms with van der Waals surface area (Å²) in [6.07, 6.45) is 72.3. The maximum atomic E-state index is 13.0. The number of aliphatic hydroxyl groups excluding tert-OH is 5. The number of aliphatic hydroxyl groups is 5. The first-order valence-electron chi connectivity index (χ1n) is 28.9. The predicted molar refractivity (Wildman–Crippen MR) is 308 cm³/mol. The van der Waals surface area contributed by atoms with E-state index < -0.39 is 49.5 Å². The molecule has 9 heteroatoms. The van der Waals surface area contributed by atoms with Gasteiger partial charge in [0.25, 0.3) is 0 Å². The molecule has 1 fully saturated rings. The number of unbranched alkanes of at least 4 members (excludes halogenated alkanes) is 17. The zero-order valence-corrected chi connectivity index (χ0v) is 45.8. The third kappa shape index (κ3) is 41.3. The van der Waals surface area contributed by atoms with E-state index in [1.807, 2.05) is 6.08 Å². The summed E-state index contributed by atoms with van der Waals surface area (Å²) >= 11 is 0. The summed E-state index contributed by atoms with van der Waals surface area (Å²) in [5.74, 6) is -0.202. The van der Waals surface area contributed by atoms with E-state index in [1.54, 1.807) is 6.08 Å². The van der Waals surface area contributed by atoms with Crippen molar-refractivity contribution in [3.05, 3.63) is 134 Å². The van der Waals surface area contributed by atoms with Crippen LogP contribution in [0.1, 0.15) is 206 Å². The summed E-state index contributed by atoms with van der Waals surface area (Å²) in [6, 6.07) is -0.839. The Morgan fingerprint density at radius 1 is 0.479 bits per heavy atom. The minimum Gasteiger partial charge on any atom is -0.394 e. The molecule has 0 aromatic carbocycles. The maximum Gasteiger partial charge on any atom is 0.220 e. The highest BCUT2D eigenvalue weighted by atomic mass is 16.7. The largest absolute Gasteiger partial charge is 0.394 e. The Bertz CT molecular complexity index is 1600. The van der Waals surface area contributed by atoms with Gasteiger partial charge in [-0.15, -0.1) is 0 Å². The molecule has 0 bridgehead atoms. The van der Waals surface area contributed by atoms with Crippen LogP contribution in [-0.2, 0) is 14.3 Å². The molecular weight excluding hydrogens is 911 g/mol. The molecule has 1 heterocycles. The number of ether oxygens (including phenoxy) is 2. The second-order valence-electron chi connectivity index (χ2n) is 19.3. The van der Waals surface area contributed by atoms with Gasteiger partial charge < -0.3 is 40.3 Å². The first-order valence-corrected chi connectivity index (χ1v) is 28.9. The summed E-state index contributed by atoms with van der Waals surface area (Å²) in [5, 5.41) is 54.4. The zero-order valence-electron chi connectivity index (χ0n) is 45.8. The van der Waals surface area contributed by atoms with E-state index in [-0.39, 0.29) is 12.5 Å². The lowest BCUT2D eigenvalue weighted by Crippen LogP contribution is -2.60. The van der Waals surface area contributed by atoms with Crippen molar-refractivity contribution >= 4 is 5.91 Å². The molecule has 0 saturated carbocycles. The predicted octanol–water partition coefficient (Wildman–Crippen LogP) is 14.5. The Hall–Kier alpha value is -3.67. The monoisotopic (exact) mass is 1020 g/mol. The van der Waals surface area contributed by atoms with Crippen molar-refractivity contribution in [3.8, 4) is 0 Å². The summed E-state index contributed by atoms with van der Waals surface area (Å²) in [5.41, 5.74) is 0. The molecule has 1 rings (SSSR count). The number of rotatable bonds is 47. The van der Waals surface area contributed by atoms with Crippen LogP contribution in [0.2, 0.25) is 0 Å². The van der Waals surface area contributed by atoms with E-state index in [0.29, 0.717) is 6.42 Å². The Morgan fingerprint density at radius 3 is 1.32 bits per heavy atom. The number of amides is 1. The van der Waals surface area contributed by atoms with Gasteiger partial charge in [0, 0.05) is 6.42 Å². The molecule has 6 N–H and O–H groups in total. The average molecular weight is 1020 g/mol. The molecule has 1 saturated heterocycles. The Labute approximate surface area is 445 Å². The van der Waals surface area contributed by atoms with Crippen molar-refractivity contribution in [2.45, 2.75) is 249 Å². The molecule has 0 spiro atoms. The summed E-state index contributed by atoms with van der Waals surface area (Å²) in [7, 11) is 0. The lowest BCUT2D eigenvalue weighted by Gasteiger charge is -2.40. The molecule has 7 atom stereocenters. The fourth-order valence-corrected chi connectivity index (χ4v) is 8.14. The van der Waals surface area contributed by atoms with E-state index in [4.69, 9.17) is 9.47 Å². The van der Waals surface area contributed by atoms with Crippen molar-refractivity contribution in [3.63, 3.8) is 0 Å². The molecule has 0 aromatic rings. The number of hydrogen-bond donors (Lipinski definition) is 6. The maximum absolute atomic E-state index is 13.0. The molecule has 1 aliphatic rings. The van der Waals surface area contributed by atoms with E-state index >= 15 is 0 Å². The van der Waals surface area contributed by atoms with Crippen LogP contribution in [0.4, 0.5) is 0 Å². The van der Waals surface area contributed by atoms with Gasteiger partial charge in [-0.05, 0) is 109 Å². The molecule has 73 heavy (non-hydrogen) atoms. The highest BCUT2D eigenvalue weighted by molar-refractivity contribution is 5.76. The van der Waals surface area contributed by atoms with Crippen molar-refractivity contribution in [2.24, 2.45) is 0 Å². The summed E-state index contributed by atoms with van der Waals surface area (Å²) in [4.78, 5) is 13.0. The number of carbonyl (C=O) groups is 1. The van der Waals surface area contributed by atoms with Crippen LogP contribution in [0.15, 0.2) is 134 Å². The lowest BCUT2D eigenvalue weighted by molar-refractivity contribution is -0.302. The topological polar surface area (TPSA) is 149 Å². The van der Waals surface area contributed by atoms with Crippen molar-refractivity contribution < 1.29 is 39.8 Å². The van der Waals surface area contributed by atoms with Crippen LogP contribution in [0.5, 0.6) is 0 Å². The number of carbonyl (C=O) groups excluding carboxylic acids is 1. The van der Waals surface area contributed by atoms with Gasteiger partial charge in [-0.2, -0.15) is 0 Å². The first-order chi connectivity index (χ1) is 35.8. The fourth-order valence-electron chi connectivity index (χ4n) is 8.14. The van der Waals surface area contributed by atoms with Crippen LogP contribution >= 0.6 is 0 Å². The minimum absolute atomic E-state index is 0.202. The number of hydrogen-bond acceptors (Lipinski definition) is 8. The Kier molecular flexibility index (Phi) is 47.8. The Balaban J connectivity index is 2.21. The number of allylic oxidation sites excluding steroid dienone is 21. The number of nitrogens with one attached hydrogen (secondary N) is 1. The first kappa shape index (κ1) is 67.3. The minimum atomic E-state index is -1.58. The van der Waals surface area contributed by atoms with Gasteiger partial charge in [-0.25, -0.2) is 0 Å². The lowest BCUT2D eigenvalue weighted by atomic mass is 9.99. The van der Waals surface area contributed by atoms with Gasteiger partial charge in [-0.1, -0.05) is 225 Å². The second kappa shape index (κ2) is 51.8. The van der Waals surface area contributed by atoms with Crippen LogP contribution in [0.25, 0.3) is 0 Å². The molecular formula is C64H105NO8. The molecule has 1 amide bonds. The van der Waals surface area contributed by atoms with Crippen molar-refractivity contribution in [1.29, 1.82) is 0 Å². The molecule has 1 aliphatic heterocycles. The van der Waals surface area contributed by atoms with E-state index in [1.165, 1.54) is 70.6 Å². The van der Waals surface area contributed by atoms with E-state index in [0.717, 1.165) is 116 Å². The SMILES string of the molecule is CC/C=C\C/C=C\C/C=C\C/C=C\C/C=C\C/C=C\C/C=C\C/C=C\CCCCCCCCCCCCC(=O)NC(COC1OC(CO)C(O)C(O)C1O)C(O)/C=C/CC/C=C/CC/C=C/CCCCCCC. The van der Waals surface area contributed by atoms with Gasteiger partial charge in [0.15, 0.2) is 6.29 Å². The highest BCUT2D eigenvalue weighted by Gasteiger charge is 2.44. The van der Waals surface area contributed by atoms with Crippen molar-refractivity contribution in [2.75, 3.05) is 13.2 Å². The highest BCUT2D eigenvalue weighted by Crippen LogP contribution is 2.22. The van der Waals surface area contributed by atoms with Gasteiger partial charge in [0.1, 0.15) is 24.4 Å². The van der Waals surface area contributed by atoms with E-state index in [2.05, 4.69) is 141 Å². The van der Waals surface area contributed by atoms with E-state index in [9.17, 15) is 30.3 Å². The van der Waals surface area contributed by atoms with Gasteiger partial charge in [0.2, 0.25) is 5.91 Å². The average Bonchev–Trinajstić information content (AvgIpc) is 3.39. The van der Waals surface area contributed by atoms with Gasteiger partial charge in [0.05, 0.1) is 25.4 Å². The smallest absolute Gasteiger partial charge is 0.220 e. The van der Waals surface area contributed by atoms with Crippen LogP contribution < -0.4 is 5.32 Å². The molecule has 0 radical (unpaired) electrons. The normalized spacial score (nSPS) is 20.1.